The zero-order valence-electron chi connectivity index (χ0n) is 21.7. The van der Waals surface area contributed by atoms with Crippen molar-refractivity contribution in [3.8, 4) is 6.07 Å². The highest BCUT2D eigenvalue weighted by atomic mass is 16.5. The standard InChI is InChI=1S/C30H31N5O3/c1-3-38-29(36)15-17-35(28-6-4-5-16-32-28)30(37)24-12-11-23-10-7-21(2)27(34-26(23)18-24)20-33-25-13-8-22(19-31)9-14-25/h4-6,8-9,11-14,16,18,21,33H,3,7,10,15,17,20H2,1-2H3. The molecule has 1 atom stereocenters. The van der Waals surface area contributed by atoms with Crippen LogP contribution in [0.4, 0.5) is 17.2 Å². The number of nitriles is 1. The van der Waals surface area contributed by atoms with Crippen molar-refractivity contribution in [2.24, 2.45) is 10.9 Å². The third-order valence-corrected chi connectivity index (χ3v) is 6.52. The Morgan fingerprint density at radius 1 is 1.16 bits per heavy atom. The van der Waals surface area contributed by atoms with Crippen molar-refractivity contribution in [1.29, 1.82) is 5.26 Å². The van der Waals surface area contributed by atoms with Gasteiger partial charge in [-0.05, 0) is 79.8 Å². The molecular weight excluding hydrogens is 478 g/mol. The average Bonchev–Trinajstić information content (AvgIpc) is 3.10. The second-order valence-corrected chi connectivity index (χ2v) is 9.13. The maximum absolute atomic E-state index is 13.6. The number of aromatic nitrogens is 1. The topological polar surface area (TPSA) is 108 Å². The van der Waals surface area contributed by atoms with Crippen molar-refractivity contribution in [2.75, 3.05) is 29.9 Å². The molecule has 1 aliphatic heterocycles. The number of rotatable bonds is 9. The summed E-state index contributed by atoms with van der Waals surface area (Å²) in [5.74, 6) is 0.130. The second-order valence-electron chi connectivity index (χ2n) is 9.13. The summed E-state index contributed by atoms with van der Waals surface area (Å²) in [5.41, 5.74) is 4.89. The molecule has 1 aliphatic rings. The minimum absolute atomic E-state index is 0.0714. The number of nitrogens with one attached hydrogen (secondary N) is 1. The van der Waals surface area contributed by atoms with E-state index in [0.717, 1.165) is 35.5 Å². The molecule has 38 heavy (non-hydrogen) atoms. The lowest BCUT2D eigenvalue weighted by Crippen LogP contribution is -2.34. The van der Waals surface area contributed by atoms with E-state index in [0.29, 0.717) is 30.1 Å². The monoisotopic (exact) mass is 509 g/mol. The molecule has 1 amide bonds. The molecule has 1 aromatic heterocycles. The number of benzene rings is 2. The summed E-state index contributed by atoms with van der Waals surface area (Å²) in [4.78, 5) is 36.5. The quantitative estimate of drug-likeness (QED) is 0.391. The van der Waals surface area contributed by atoms with Crippen molar-refractivity contribution < 1.29 is 14.3 Å². The van der Waals surface area contributed by atoms with Crippen molar-refractivity contribution in [1.82, 2.24) is 4.98 Å². The third kappa shape index (κ3) is 6.62. The normalized spacial score (nSPS) is 14.3. The van der Waals surface area contributed by atoms with Crippen LogP contribution in [0.2, 0.25) is 0 Å². The van der Waals surface area contributed by atoms with E-state index < -0.39 is 0 Å². The van der Waals surface area contributed by atoms with Gasteiger partial charge in [0.05, 0.1) is 36.9 Å². The summed E-state index contributed by atoms with van der Waals surface area (Å²) in [5, 5.41) is 12.4. The van der Waals surface area contributed by atoms with Crippen LogP contribution in [0, 0.1) is 17.2 Å². The van der Waals surface area contributed by atoms with Crippen LogP contribution in [0.5, 0.6) is 0 Å². The van der Waals surface area contributed by atoms with E-state index in [1.807, 2.05) is 36.4 Å². The van der Waals surface area contributed by atoms with Crippen LogP contribution >= 0.6 is 0 Å². The number of carbonyl (C=O) groups is 2. The molecule has 2 aromatic carbocycles. The first-order valence-corrected chi connectivity index (χ1v) is 12.8. The molecule has 8 nitrogen and oxygen atoms in total. The smallest absolute Gasteiger partial charge is 0.307 e. The van der Waals surface area contributed by atoms with E-state index in [9.17, 15) is 9.59 Å². The maximum atomic E-state index is 13.6. The molecule has 0 radical (unpaired) electrons. The van der Waals surface area contributed by atoms with Gasteiger partial charge in [0.15, 0.2) is 0 Å². The lowest BCUT2D eigenvalue weighted by Gasteiger charge is -2.22. The predicted octanol–water partition coefficient (Wildman–Crippen LogP) is 5.32. The van der Waals surface area contributed by atoms with E-state index in [2.05, 4.69) is 23.3 Å². The fraction of sp³-hybridized carbons (Fsp3) is 0.300. The highest BCUT2D eigenvalue weighted by Gasteiger charge is 2.23. The number of ether oxygens (including phenoxy) is 1. The van der Waals surface area contributed by atoms with E-state index in [1.165, 1.54) is 4.90 Å². The highest BCUT2D eigenvalue weighted by molar-refractivity contribution is 6.06. The van der Waals surface area contributed by atoms with Gasteiger partial charge in [-0.1, -0.05) is 19.1 Å². The Labute approximate surface area is 223 Å². The SMILES string of the molecule is CCOC(=O)CCN(C(=O)c1ccc2c(c1)N=C(CNc1ccc(C#N)cc1)C(C)CC2)c1ccccn1. The van der Waals surface area contributed by atoms with Crippen molar-refractivity contribution in [2.45, 2.75) is 33.1 Å². The number of amides is 1. The summed E-state index contributed by atoms with van der Waals surface area (Å²) in [6, 6.07) is 20.4. The fourth-order valence-corrected chi connectivity index (χ4v) is 4.31. The van der Waals surface area contributed by atoms with Gasteiger partial charge in [-0.25, -0.2) is 4.98 Å². The Balaban J connectivity index is 1.57. The van der Waals surface area contributed by atoms with Crippen LogP contribution in [0.25, 0.3) is 0 Å². The molecule has 8 heteroatoms. The van der Waals surface area contributed by atoms with E-state index in [4.69, 9.17) is 15.0 Å². The molecule has 4 rings (SSSR count). The molecule has 0 saturated carbocycles. The zero-order chi connectivity index (χ0) is 26.9. The zero-order valence-corrected chi connectivity index (χ0v) is 21.7. The summed E-state index contributed by atoms with van der Waals surface area (Å²) in [7, 11) is 0. The summed E-state index contributed by atoms with van der Waals surface area (Å²) >= 11 is 0. The van der Waals surface area contributed by atoms with Gasteiger partial charge in [0.1, 0.15) is 5.82 Å². The lowest BCUT2D eigenvalue weighted by atomic mass is 9.97. The molecule has 3 aromatic rings. The first-order valence-electron chi connectivity index (χ1n) is 12.8. The highest BCUT2D eigenvalue weighted by Crippen LogP contribution is 2.30. The van der Waals surface area contributed by atoms with Crippen LogP contribution in [0.15, 0.2) is 71.9 Å². The first-order chi connectivity index (χ1) is 18.5. The molecule has 0 spiro atoms. The molecule has 1 N–H and O–H groups in total. The predicted molar refractivity (Wildman–Crippen MR) is 148 cm³/mol. The first kappa shape index (κ1) is 26.6. The van der Waals surface area contributed by atoms with Crippen LogP contribution in [-0.2, 0) is 16.0 Å². The van der Waals surface area contributed by atoms with Gasteiger partial charge < -0.3 is 10.1 Å². The Hall–Kier alpha value is -4.51. The van der Waals surface area contributed by atoms with Crippen molar-refractivity contribution in [3.05, 3.63) is 83.6 Å². The van der Waals surface area contributed by atoms with Gasteiger partial charge >= 0.3 is 5.97 Å². The third-order valence-electron chi connectivity index (χ3n) is 6.52. The summed E-state index contributed by atoms with van der Waals surface area (Å²) < 4.78 is 5.05. The summed E-state index contributed by atoms with van der Waals surface area (Å²) in [6.07, 6.45) is 3.51. The molecule has 0 saturated heterocycles. The maximum Gasteiger partial charge on any atom is 0.307 e. The van der Waals surface area contributed by atoms with Crippen LogP contribution in [-0.4, -0.2) is 42.3 Å². The van der Waals surface area contributed by atoms with Crippen LogP contribution < -0.4 is 10.2 Å². The molecular formula is C30H31N5O3. The fourth-order valence-electron chi connectivity index (χ4n) is 4.31. The lowest BCUT2D eigenvalue weighted by molar-refractivity contribution is -0.142. The van der Waals surface area contributed by atoms with Gasteiger partial charge in [-0.3, -0.25) is 19.5 Å². The van der Waals surface area contributed by atoms with Gasteiger partial charge in [0, 0.05) is 29.7 Å². The number of hydrogen-bond donors (Lipinski definition) is 1. The Bertz CT molecular complexity index is 1350. The number of anilines is 2. The van der Waals surface area contributed by atoms with E-state index in [-0.39, 0.29) is 30.8 Å². The number of esters is 1. The van der Waals surface area contributed by atoms with Gasteiger partial charge in [0.2, 0.25) is 0 Å². The molecule has 2 heterocycles. The minimum atomic E-state index is -0.360. The number of carbonyl (C=O) groups excluding carboxylic acids is 2. The molecule has 0 aliphatic carbocycles. The number of aryl methyl sites for hydroxylation is 1. The Kier molecular flexibility index (Phi) is 8.83. The average molecular weight is 510 g/mol. The molecule has 194 valence electrons. The number of hydrogen-bond acceptors (Lipinski definition) is 7. The number of nitrogens with zero attached hydrogens (tertiary/aromatic N) is 4. The Morgan fingerprint density at radius 2 is 1.97 bits per heavy atom. The largest absolute Gasteiger partial charge is 0.466 e. The van der Waals surface area contributed by atoms with Crippen LogP contribution in [0.3, 0.4) is 0 Å². The van der Waals surface area contributed by atoms with E-state index in [1.54, 1.807) is 37.4 Å². The van der Waals surface area contributed by atoms with Gasteiger partial charge in [-0.2, -0.15) is 5.26 Å². The molecule has 0 fully saturated rings. The second kappa shape index (κ2) is 12.6. The van der Waals surface area contributed by atoms with Crippen LogP contribution in [0.1, 0.15) is 48.2 Å². The molecule has 0 bridgehead atoms. The van der Waals surface area contributed by atoms with Crippen molar-refractivity contribution in [3.63, 3.8) is 0 Å². The van der Waals surface area contributed by atoms with E-state index >= 15 is 0 Å². The number of fused-ring (bicyclic) bond motifs is 1. The Morgan fingerprint density at radius 3 is 2.68 bits per heavy atom. The number of aliphatic imine (C=N–C) groups is 1. The number of pyridine rings is 1. The molecule has 1 unspecified atom stereocenters. The van der Waals surface area contributed by atoms with Gasteiger partial charge in [0.25, 0.3) is 5.91 Å². The van der Waals surface area contributed by atoms with Crippen molar-refractivity contribution >= 4 is 34.8 Å². The minimum Gasteiger partial charge on any atom is -0.466 e. The van der Waals surface area contributed by atoms with Gasteiger partial charge in [-0.15, -0.1) is 0 Å². The summed E-state index contributed by atoms with van der Waals surface area (Å²) in [6.45, 7) is 4.93.